The molecule has 0 atom stereocenters. The van der Waals surface area contributed by atoms with Crippen LogP contribution in [-0.4, -0.2) is 25.0 Å². The molecule has 2 rings (SSSR count). The molecular formula is C20H23FN2O3. The van der Waals surface area contributed by atoms with Crippen LogP contribution < -0.4 is 15.4 Å². The average molecular weight is 358 g/mol. The number of benzene rings is 2. The van der Waals surface area contributed by atoms with Gasteiger partial charge in [0.1, 0.15) is 11.6 Å². The minimum Gasteiger partial charge on any atom is -0.493 e. The van der Waals surface area contributed by atoms with E-state index < -0.39 is 0 Å². The summed E-state index contributed by atoms with van der Waals surface area (Å²) in [5.74, 6) is -0.130. The number of hydrogen-bond acceptors (Lipinski definition) is 3. The first kappa shape index (κ1) is 19.4. The first-order valence-electron chi connectivity index (χ1n) is 8.60. The number of hydrogen-bond donors (Lipinski definition) is 2. The summed E-state index contributed by atoms with van der Waals surface area (Å²) >= 11 is 0. The van der Waals surface area contributed by atoms with Crippen LogP contribution in [0.25, 0.3) is 0 Å². The van der Waals surface area contributed by atoms with Gasteiger partial charge in [0.2, 0.25) is 5.91 Å². The number of ether oxygens (including phenoxy) is 1. The zero-order valence-electron chi connectivity index (χ0n) is 14.8. The Hall–Kier alpha value is -2.89. The summed E-state index contributed by atoms with van der Waals surface area (Å²) in [4.78, 5) is 23.7. The molecular weight excluding hydrogens is 335 g/mol. The number of amides is 2. The van der Waals surface area contributed by atoms with Gasteiger partial charge in [0, 0.05) is 31.1 Å². The lowest BCUT2D eigenvalue weighted by Crippen LogP contribution is -2.24. The maximum Gasteiger partial charge on any atom is 0.251 e. The maximum absolute atomic E-state index is 13.0. The fourth-order valence-corrected chi connectivity index (χ4v) is 2.35. The van der Waals surface area contributed by atoms with Crippen molar-refractivity contribution in [3.05, 3.63) is 65.5 Å². The fraction of sp³-hybridized carbons (Fsp3) is 0.300. The van der Waals surface area contributed by atoms with Gasteiger partial charge in [-0.2, -0.15) is 0 Å². The molecule has 2 amide bonds. The Morgan fingerprint density at radius 2 is 1.88 bits per heavy atom. The molecule has 0 bridgehead atoms. The number of carbonyl (C=O) groups excluding carboxylic acids is 2. The van der Waals surface area contributed by atoms with Gasteiger partial charge in [-0.3, -0.25) is 9.59 Å². The molecule has 0 aliphatic carbocycles. The van der Waals surface area contributed by atoms with Gasteiger partial charge in [0.25, 0.3) is 5.91 Å². The summed E-state index contributed by atoms with van der Waals surface area (Å²) in [5.41, 5.74) is 1.43. The second-order valence-corrected chi connectivity index (χ2v) is 5.75. The predicted octanol–water partition coefficient (Wildman–Crippen LogP) is 3.05. The summed E-state index contributed by atoms with van der Waals surface area (Å²) in [7, 11) is 0. The summed E-state index contributed by atoms with van der Waals surface area (Å²) in [6, 6.07) is 13.0. The molecule has 0 unspecified atom stereocenters. The molecule has 0 saturated heterocycles. The minimum atomic E-state index is -0.352. The summed E-state index contributed by atoms with van der Waals surface area (Å²) in [6.45, 7) is 3.12. The second kappa shape index (κ2) is 10.2. The van der Waals surface area contributed by atoms with E-state index >= 15 is 0 Å². The number of nitrogens with one attached hydrogen (secondary N) is 2. The van der Waals surface area contributed by atoms with E-state index in [1.807, 2.05) is 13.0 Å². The molecule has 2 N–H and O–H groups in total. The van der Waals surface area contributed by atoms with Gasteiger partial charge in [-0.15, -0.1) is 0 Å². The third-order valence-electron chi connectivity index (χ3n) is 3.63. The maximum atomic E-state index is 13.0. The Labute approximate surface area is 152 Å². The van der Waals surface area contributed by atoms with Gasteiger partial charge in [0.15, 0.2) is 0 Å². The molecule has 0 spiro atoms. The smallest absolute Gasteiger partial charge is 0.251 e. The molecule has 0 radical (unpaired) electrons. The molecule has 0 aliphatic heterocycles. The topological polar surface area (TPSA) is 67.4 Å². The van der Waals surface area contributed by atoms with Crippen LogP contribution >= 0.6 is 0 Å². The lowest BCUT2D eigenvalue weighted by Gasteiger charge is -2.08. The SMILES string of the molecule is CCNC(=O)c1cccc(CNC(=O)CCCOc2cccc(F)c2)c1. The third kappa shape index (κ3) is 6.55. The quantitative estimate of drug-likeness (QED) is 0.677. The van der Waals surface area contributed by atoms with Gasteiger partial charge in [-0.25, -0.2) is 4.39 Å². The molecule has 26 heavy (non-hydrogen) atoms. The highest BCUT2D eigenvalue weighted by atomic mass is 19.1. The Morgan fingerprint density at radius 1 is 1.08 bits per heavy atom. The van der Waals surface area contributed by atoms with Crippen LogP contribution in [0.2, 0.25) is 0 Å². The normalized spacial score (nSPS) is 10.2. The van der Waals surface area contributed by atoms with Crippen molar-refractivity contribution >= 4 is 11.8 Å². The molecule has 138 valence electrons. The van der Waals surface area contributed by atoms with Crippen LogP contribution in [0.3, 0.4) is 0 Å². The van der Waals surface area contributed by atoms with E-state index in [1.54, 1.807) is 30.3 Å². The second-order valence-electron chi connectivity index (χ2n) is 5.75. The number of carbonyl (C=O) groups is 2. The first-order valence-corrected chi connectivity index (χ1v) is 8.60. The van der Waals surface area contributed by atoms with Crippen molar-refractivity contribution in [1.29, 1.82) is 0 Å². The largest absolute Gasteiger partial charge is 0.493 e. The van der Waals surface area contributed by atoms with Crippen molar-refractivity contribution in [2.24, 2.45) is 0 Å². The Kier molecular flexibility index (Phi) is 7.61. The molecule has 0 heterocycles. The minimum absolute atomic E-state index is 0.101. The van der Waals surface area contributed by atoms with Crippen LogP contribution in [0.5, 0.6) is 5.75 Å². The van der Waals surface area contributed by atoms with Gasteiger partial charge in [0.05, 0.1) is 6.61 Å². The fourth-order valence-electron chi connectivity index (χ4n) is 2.35. The summed E-state index contributed by atoms with van der Waals surface area (Å²) in [5, 5.41) is 5.56. The average Bonchev–Trinajstić information content (AvgIpc) is 2.64. The van der Waals surface area contributed by atoms with Crippen molar-refractivity contribution in [3.63, 3.8) is 0 Å². The highest BCUT2D eigenvalue weighted by molar-refractivity contribution is 5.94. The monoisotopic (exact) mass is 358 g/mol. The van der Waals surface area contributed by atoms with Crippen LogP contribution in [0.4, 0.5) is 4.39 Å². The van der Waals surface area contributed by atoms with Crippen LogP contribution in [0, 0.1) is 5.82 Å². The van der Waals surface area contributed by atoms with Crippen LogP contribution in [0.15, 0.2) is 48.5 Å². The van der Waals surface area contributed by atoms with E-state index in [9.17, 15) is 14.0 Å². The molecule has 0 aromatic heterocycles. The molecule has 6 heteroatoms. The van der Waals surface area contributed by atoms with Gasteiger partial charge in [-0.1, -0.05) is 18.2 Å². The van der Waals surface area contributed by atoms with E-state index in [1.165, 1.54) is 12.1 Å². The van der Waals surface area contributed by atoms with Crippen molar-refractivity contribution in [2.45, 2.75) is 26.3 Å². The van der Waals surface area contributed by atoms with Crippen molar-refractivity contribution in [3.8, 4) is 5.75 Å². The zero-order valence-corrected chi connectivity index (χ0v) is 14.8. The van der Waals surface area contributed by atoms with E-state index in [4.69, 9.17) is 4.74 Å². The van der Waals surface area contributed by atoms with E-state index in [0.29, 0.717) is 43.9 Å². The standard InChI is InChI=1S/C20H23FN2O3/c1-2-22-20(25)16-7-3-6-15(12-16)14-23-19(24)10-5-11-26-18-9-4-8-17(21)13-18/h3-4,6-9,12-13H,2,5,10-11,14H2,1H3,(H,22,25)(H,23,24). The van der Waals surface area contributed by atoms with Crippen LogP contribution in [-0.2, 0) is 11.3 Å². The van der Waals surface area contributed by atoms with Crippen LogP contribution in [0.1, 0.15) is 35.7 Å². The Bertz CT molecular complexity index is 749. The summed E-state index contributed by atoms with van der Waals surface area (Å²) in [6.07, 6.45) is 0.840. The summed E-state index contributed by atoms with van der Waals surface area (Å²) < 4.78 is 18.4. The molecule has 0 aliphatic rings. The molecule has 2 aromatic rings. The van der Waals surface area contributed by atoms with Crippen molar-refractivity contribution < 1.29 is 18.7 Å². The van der Waals surface area contributed by atoms with E-state index in [0.717, 1.165) is 5.56 Å². The van der Waals surface area contributed by atoms with Crippen molar-refractivity contribution in [2.75, 3.05) is 13.2 Å². The first-order chi connectivity index (χ1) is 12.6. The van der Waals surface area contributed by atoms with E-state index in [-0.39, 0.29) is 17.6 Å². The zero-order chi connectivity index (χ0) is 18.8. The molecule has 2 aromatic carbocycles. The van der Waals surface area contributed by atoms with E-state index in [2.05, 4.69) is 10.6 Å². The van der Waals surface area contributed by atoms with Crippen molar-refractivity contribution in [1.82, 2.24) is 10.6 Å². The Balaban J connectivity index is 1.70. The number of halogens is 1. The highest BCUT2D eigenvalue weighted by Crippen LogP contribution is 2.12. The van der Waals surface area contributed by atoms with Gasteiger partial charge in [-0.05, 0) is 43.2 Å². The number of rotatable bonds is 9. The predicted molar refractivity (Wildman–Crippen MR) is 97.4 cm³/mol. The molecule has 0 fully saturated rings. The molecule has 5 nitrogen and oxygen atoms in total. The lowest BCUT2D eigenvalue weighted by molar-refractivity contribution is -0.121. The van der Waals surface area contributed by atoms with Gasteiger partial charge >= 0.3 is 0 Å². The lowest BCUT2D eigenvalue weighted by atomic mass is 10.1. The highest BCUT2D eigenvalue weighted by Gasteiger charge is 2.06. The Morgan fingerprint density at radius 3 is 2.65 bits per heavy atom. The molecule has 0 saturated carbocycles. The third-order valence-corrected chi connectivity index (χ3v) is 3.63. The van der Waals surface area contributed by atoms with Gasteiger partial charge < -0.3 is 15.4 Å².